The number of rotatable bonds is 10. The number of halogens is 2. The molecule has 0 bridgehead atoms. The molecule has 0 amide bonds. The standard InChI is InChI=1S/C25H30F2O3/c1-3-5-6-18-7-10-21(29-16-18)17-30-20-11-8-19(9-12-20)22-13-14-23(28-15-4-2)25(27)24(22)26/h3,8-9,11-14,18,21H,1,4-7,10,15-17H2,2H3. The Hall–Kier alpha value is -2.40. The first-order chi connectivity index (χ1) is 14.6. The van der Waals surface area contributed by atoms with Crippen molar-refractivity contribution < 1.29 is 23.0 Å². The molecule has 1 fully saturated rings. The van der Waals surface area contributed by atoms with Gasteiger partial charge in [0, 0.05) is 12.2 Å². The zero-order chi connectivity index (χ0) is 21.3. The summed E-state index contributed by atoms with van der Waals surface area (Å²) < 4.78 is 45.7. The summed E-state index contributed by atoms with van der Waals surface area (Å²) in [6.07, 6.45) is 7.05. The monoisotopic (exact) mass is 416 g/mol. The molecule has 0 N–H and O–H groups in total. The van der Waals surface area contributed by atoms with E-state index in [4.69, 9.17) is 14.2 Å². The van der Waals surface area contributed by atoms with Crippen LogP contribution in [0.4, 0.5) is 8.78 Å². The van der Waals surface area contributed by atoms with Gasteiger partial charge in [-0.2, -0.15) is 4.39 Å². The molecule has 2 aromatic carbocycles. The molecule has 1 aliphatic heterocycles. The zero-order valence-corrected chi connectivity index (χ0v) is 17.5. The smallest absolute Gasteiger partial charge is 0.201 e. The number of benzene rings is 2. The largest absolute Gasteiger partial charge is 0.491 e. The van der Waals surface area contributed by atoms with E-state index in [0.717, 1.165) is 38.7 Å². The maximum atomic E-state index is 14.5. The predicted molar refractivity (Wildman–Crippen MR) is 115 cm³/mol. The Balaban J connectivity index is 1.54. The van der Waals surface area contributed by atoms with E-state index in [0.29, 0.717) is 30.4 Å². The minimum atomic E-state index is -0.956. The zero-order valence-electron chi connectivity index (χ0n) is 17.5. The van der Waals surface area contributed by atoms with Crippen molar-refractivity contribution in [3.05, 3.63) is 60.7 Å². The number of hydrogen-bond acceptors (Lipinski definition) is 3. The number of ether oxygens (including phenoxy) is 3. The molecule has 2 aromatic rings. The molecule has 1 aliphatic rings. The third kappa shape index (κ3) is 5.82. The van der Waals surface area contributed by atoms with E-state index in [9.17, 15) is 8.78 Å². The first-order valence-corrected chi connectivity index (χ1v) is 10.7. The van der Waals surface area contributed by atoms with Gasteiger partial charge in [-0.3, -0.25) is 0 Å². The van der Waals surface area contributed by atoms with Crippen LogP contribution in [0.5, 0.6) is 11.5 Å². The highest BCUT2D eigenvalue weighted by molar-refractivity contribution is 5.66. The Labute approximate surface area is 177 Å². The van der Waals surface area contributed by atoms with Crippen molar-refractivity contribution in [2.24, 2.45) is 5.92 Å². The van der Waals surface area contributed by atoms with E-state index in [1.165, 1.54) is 12.1 Å². The van der Waals surface area contributed by atoms with Crippen molar-refractivity contribution in [1.82, 2.24) is 0 Å². The van der Waals surface area contributed by atoms with Gasteiger partial charge in [-0.05, 0) is 67.9 Å². The third-order valence-corrected chi connectivity index (χ3v) is 5.35. The summed E-state index contributed by atoms with van der Waals surface area (Å²) in [6, 6.07) is 10.0. The molecule has 0 radical (unpaired) electrons. The average molecular weight is 417 g/mol. The molecule has 5 heteroatoms. The van der Waals surface area contributed by atoms with Crippen molar-refractivity contribution >= 4 is 0 Å². The summed E-state index contributed by atoms with van der Waals surface area (Å²) in [6.45, 7) is 7.28. The lowest BCUT2D eigenvalue weighted by atomic mass is 9.94. The first-order valence-electron chi connectivity index (χ1n) is 10.7. The summed E-state index contributed by atoms with van der Waals surface area (Å²) in [5.74, 6) is -0.634. The van der Waals surface area contributed by atoms with Crippen LogP contribution in [0.15, 0.2) is 49.1 Å². The molecule has 2 atom stereocenters. The number of allylic oxidation sites excluding steroid dienone is 1. The Morgan fingerprint density at radius 3 is 2.53 bits per heavy atom. The molecule has 0 spiro atoms. The Morgan fingerprint density at radius 2 is 1.87 bits per heavy atom. The van der Waals surface area contributed by atoms with Crippen molar-refractivity contribution in [2.75, 3.05) is 19.8 Å². The fourth-order valence-corrected chi connectivity index (χ4v) is 3.57. The van der Waals surface area contributed by atoms with E-state index in [1.807, 2.05) is 13.0 Å². The van der Waals surface area contributed by atoms with Gasteiger partial charge in [0.15, 0.2) is 11.6 Å². The Bertz CT molecular complexity index is 812. The van der Waals surface area contributed by atoms with Crippen LogP contribution in [0.3, 0.4) is 0 Å². The highest BCUT2D eigenvalue weighted by Gasteiger charge is 2.22. The van der Waals surface area contributed by atoms with Crippen molar-refractivity contribution in [2.45, 2.75) is 45.1 Å². The second-order valence-electron chi connectivity index (χ2n) is 7.69. The van der Waals surface area contributed by atoms with Crippen LogP contribution in [-0.2, 0) is 4.74 Å². The van der Waals surface area contributed by atoms with E-state index < -0.39 is 11.6 Å². The van der Waals surface area contributed by atoms with Gasteiger partial charge in [-0.25, -0.2) is 4.39 Å². The molecule has 3 rings (SSSR count). The lowest BCUT2D eigenvalue weighted by molar-refractivity contribution is -0.0387. The summed E-state index contributed by atoms with van der Waals surface area (Å²) in [5, 5.41) is 0. The van der Waals surface area contributed by atoms with Crippen LogP contribution in [0.1, 0.15) is 39.0 Å². The fourth-order valence-electron chi connectivity index (χ4n) is 3.57. The summed E-state index contributed by atoms with van der Waals surface area (Å²) in [7, 11) is 0. The van der Waals surface area contributed by atoms with Gasteiger partial charge in [0.05, 0.1) is 12.7 Å². The topological polar surface area (TPSA) is 27.7 Å². The molecular formula is C25H30F2O3. The van der Waals surface area contributed by atoms with Gasteiger partial charge < -0.3 is 14.2 Å². The minimum Gasteiger partial charge on any atom is -0.491 e. The third-order valence-electron chi connectivity index (χ3n) is 5.35. The molecule has 2 unspecified atom stereocenters. The predicted octanol–water partition coefficient (Wildman–Crippen LogP) is 6.56. The van der Waals surface area contributed by atoms with Gasteiger partial charge in [0.25, 0.3) is 0 Å². The van der Waals surface area contributed by atoms with E-state index in [2.05, 4.69) is 6.58 Å². The molecule has 1 saturated heterocycles. The van der Waals surface area contributed by atoms with Crippen LogP contribution in [0, 0.1) is 17.6 Å². The first kappa shape index (κ1) is 22.3. The quantitative estimate of drug-likeness (QED) is 0.411. The van der Waals surface area contributed by atoms with Gasteiger partial charge in [-0.1, -0.05) is 25.1 Å². The SMILES string of the molecule is C=CCCC1CCC(COc2ccc(-c3ccc(OCCC)c(F)c3F)cc2)OC1. The molecule has 0 aromatic heterocycles. The Morgan fingerprint density at radius 1 is 1.07 bits per heavy atom. The highest BCUT2D eigenvalue weighted by atomic mass is 19.2. The molecule has 3 nitrogen and oxygen atoms in total. The average Bonchev–Trinajstić information content (AvgIpc) is 2.78. The Kier molecular flexibility index (Phi) is 8.26. The number of hydrogen-bond donors (Lipinski definition) is 0. The molecular weight excluding hydrogens is 386 g/mol. The summed E-state index contributed by atoms with van der Waals surface area (Å²) in [4.78, 5) is 0. The highest BCUT2D eigenvalue weighted by Crippen LogP contribution is 2.31. The van der Waals surface area contributed by atoms with E-state index in [1.54, 1.807) is 24.3 Å². The second kappa shape index (κ2) is 11.1. The summed E-state index contributed by atoms with van der Waals surface area (Å²) in [5.41, 5.74) is 0.781. The van der Waals surface area contributed by atoms with Gasteiger partial charge in [0.2, 0.25) is 5.82 Å². The van der Waals surface area contributed by atoms with Crippen molar-refractivity contribution in [1.29, 1.82) is 0 Å². The van der Waals surface area contributed by atoms with E-state index in [-0.39, 0.29) is 17.4 Å². The van der Waals surface area contributed by atoms with Gasteiger partial charge in [0.1, 0.15) is 12.4 Å². The van der Waals surface area contributed by atoms with Gasteiger partial charge in [-0.15, -0.1) is 6.58 Å². The van der Waals surface area contributed by atoms with Crippen molar-refractivity contribution in [3.8, 4) is 22.6 Å². The maximum Gasteiger partial charge on any atom is 0.201 e. The van der Waals surface area contributed by atoms with Crippen LogP contribution in [0.25, 0.3) is 11.1 Å². The molecule has 30 heavy (non-hydrogen) atoms. The van der Waals surface area contributed by atoms with Crippen LogP contribution < -0.4 is 9.47 Å². The van der Waals surface area contributed by atoms with Gasteiger partial charge >= 0.3 is 0 Å². The van der Waals surface area contributed by atoms with E-state index >= 15 is 0 Å². The molecule has 162 valence electrons. The lowest BCUT2D eigenvalue weighted by Crippen LogP contribution is -2.30. The lowest BCUT2D eigenvalue weighted by Gasteiger charge is -2.28. The summed E-state index contributed by atoms with van der Waals surface area (Å²) >= 11 is 0. The minimum absolute atomic E-state index is 0.0581. The second-order valence-corrected chi connectivity index (χ2v) is 7.69. The molecule has 0 aliphatic carbocycles. The molecule has 0 saturated carbocycles. The van der Waals surface area contributed by atoms with Crippen molar-refractivity contribution in [3.63, 3.8) is 0 Å². The van der Waals surface area contributed by atoms with Crippen LogP contribution >= 0.6 is 0 Å². The normalized spacial score (nSPS) is 18.8. The maximum absolute atomic E-state index is 14.5. The van der Waals surface area contributed by atoms with Crippen LogP contribution in [0.2, 0.25) is 0 Å². The molecule has 1 heterocycles. The fraction of sp³-hybridized carbons (Fsp3) is 0.440. The van der Waals surface area contributed by atoms with Crippen LogP contribution in [-0.4, -0.2) is 25.9 Å².